The lowest BCUT2D eigenvalue weighted by atomic mass is 10.00. The number of nitrogens with zero attached hydrogens (tertiary/aromatic N) is 3. The maximum absolute atomic E-state index is 14.4. The highest BCUT2D eigenvalue weighted by Crippen LogP contribution is 2.28. The van der Waals surface area contributed by atoms with Crippen LogP contribution >= 0.6 is 11.6 Å². The lowest BCUT2D eigenvalue weighted by Gasteiger charge is -2.11. The van der Waals surface area contributed by atoms with Crippen LogP contribution in [0.5, 0.6) is 0 Å². The second kappa shape index (κ2) is 5.60. The van der Waals surface area contributed by atoms with Gasteiger partial charge in [-0.25, -0.2) is 9.12 Å². The molecule has 25 heavy (non-hydrogen) atoms. The third kappa shape index (κ3) is 2.37. The molecule has 0 atom stereocenters. The molecule has 0 spiro atoms. The molecule has 2 heterocycles. The summed E-state index contributed by atoms with van der Waals surface area (Å²) in [6, 6.07) is 11.1. The maximum atomic E-state index is 14.4. The normalized spacial score (nSPS) is 13.4. The molecule has 126 valence electrons. The maximum Gasteiger partial charge on any atom is 0.261 e. The van der Waals surface area contributed by atoms with Crippen molar-refractivity contribution in [3.63, 3.8) is 0 Å². The average molecular weight is 358 g/mol. The summed E-state index contributed by atoms with van der Waals surface area (Å²) in [6.45, 7) is 1.59. The first-order chi connectivity index (χ1) is 12.0. The van der Waals surface area contributed by atoms with Gasteiger partial charge in [-0.2, -0.15) is 9.31 Å². The lowest BCUT2D eigenvalue weighted by molar-refractivity contribution is -0.612. The zero-order valence-corrected chi connectivity index (χ0v) is 14.0. The Kier molecular flexibility index (Phi) is 3.51. The first-order valence-corrected chi connectivity index (χ1v) is 8.02. The van der Waals surface area contributed by atoms with E-state index in [-0.39, 0.29) is 17.8 Å². The molecule has 7 heteroatoms. The fourth-order valence-electron chi connectivity index (χ4n) is 3.22. The van der Waals surface area contributed by atoms with Gasteiger partial charge in [-0.1, -0.05) is 23.7 Å². The van der Waals surface area contributed by atoms with Crippen LogP contribution in [0, 0.1) is 23.2 Å². The summed E-state index contributed by atoms with van der Waals surface area (Å²) in [5.41, 5.74) is 2.00. The van der Waals surface area contributed by atoms with Gasteiger partial charge in [-0.15, -0.1) is 0 Å². The van der Waals surface area contributed by atoms with E-state index in [1.165, 1.54) is 12.3 Å². The highest BCUT2D eigenvalue weighted by atomic mass is 35.5. The average Bonchev–Trinajstić information content (AvgIpc) is 2.78. The molecule has 1 aliphatic rings. The van der Waals surface area contributed by atoms with Crippen LogP contribution in [0.1, 0.15) is 22.6 Å². The highest BCUT2D eigenvalue weighted by molar-refractivity contribution is 6.31. The Morgan fingerprint density at radius 3 is 2.64 bits per heavy atom. The summed E-state index contributed by atoms with van der Waals surface area (Å²) >= 11 is 6.14. The molecule has 0 radical (unpaired) electrons. The van der Waals surface area contributed by atoms with Gasteiger partial charge >= 0.3 is 0 Å². The molecule has 5 nitrogen and oxygen atoms in total. The quantitative estimate of drug-likeness (QED) is 0.496. The smallest absolute Gasteiger partial charge is 0.261 e. The minimum atomic E-state index is -0.494. The number of hydrogen-bond acceptors (Lipinski definition) is 2. The fraction of sp³-hybridized carbons (Fsp3) is 0.111. The molecule has 0 fully saturated rings. The van der Waals surface area contributed by atoms with Crippen LogP contribution in [0.3, 0.4) is 0 Å². The van der Waals surface area contributed by atoms with E-state index in [0.29, 0.717) is 32.5 Å². The Balaban J connectivity index is 2.10. The van der Waals surface area contributed by atoms with Gasteiger partial charge in [0.05, 0.1) is 11.1 Å². The first-order valence-electron chi connectivity index (χ1n) is 7.64. The van der Waals surface area contributed by atoms with Gasteiger partial charge in [0.1, 0.15) is 17.7 Å². The lowest BCUT2D eigenvalue weighted by Crippen LogP contribution is -2.28. The van der Waals surface area contributed by atoms with E-state index < -0.39 is 5.82 Å². The number of aromatic nitrogens is 2. The van der Waals surface area contributed by atoms with E-state index in [2.05, 4.69) is 0 Å². The first kappa shape index (κ1) is 15.7. The van der Waals surface area contributed by atoms with E-state index in [0.717, 1.165) is 4.73 Å². The fourth-order valence-corrected chi connectivity index (χ4v) is 3.39. The summed E-state index contributed by atoms with van der Waals surface area (Å²) in [6.07, 6.45) is 1.36. The topological polar surface area (TPSA) is 57.9 Å². The SMILES string of the molecule is Cc1n2c(c[n+]1[O-])C[N+]([O-])=C(c1ccccc1F)c1cc(Cl)ccc1-2. The highest BCUT2D eigenvalue weighted by Gasteiger charge is 2.33. The van der Waals surface area contributed by atoms with E-state index in [1.807, 2.05) is 0 Å². The zero-order valence-electron chi connectivity index (χ0n) is 13.2. The van der Waals surface area contributed by atoms with Crippen molar-refractivity contribution in [2.24, 2.45) is 0 Å². The monoisotopic (exact) mass is 357 g/mol. The van der Waals surface area contributed by atoms with Crippen LogP contribution in [0.25, 0.3) is 5.69 Å². The third-order valence-corrected chi connectivity index (χ3v) is 4.57. The number of hydroxylamine groups is 1. The standard InChI is InChI=1S/C18H13ClFN3O2/c1-11-21(24)9-13-10-22(25)18(14-4-2-3-5-16(14)20)15-8-12(19)6-7-17(15)23(11)13/h2-9H,10H2,1H3. The Bertz CT molecular complexity index is 1040. The molecular weight excluding hydrogens is 345 g/mol. The Labute approximate surface area is 148 Å². The van der Waals surface area contributed by atoms with E-state index in [9.17, 15) is 14.8 Å². The molecule has 1 aliphatic heterocycles. The molecule has 0 aliphatic carbocycles. The van der Waals surface area contributed by atoms with Crippen LogP contribution in [0.15, 0.2) is 48.7 Å². The molecule has 3 aromatic rings. The number of halogens is 2. The van der Waals surface area contributed by atoms with Gasteiger partial charge in [0, 0.05) is 11.9 Å². The third-order valence-electron chi connectivity index (χ3n) is 4.33. The predicted octanol–water partition coefficient (Wildman–Crippen LogP) is 3.07. The zero-order chi connectivity index (χ0) is 17.7. The second-order valence-electron chi connectivity index (χ2n) is 5.86. The van der Waals surface area contributed by atoms with E-state index in [4.69, 9.17) is 11.6 Å². The van der Waals surface area contributed by atoms with E-state index in [1.54, 1.807) is 47.9 Å². The van der Waals surface area contributed by atoms with E-state index >= 15 is 0 Å². The molecule has 1 aromatic heterocycles. The number of benzene rings is 2. The Hall–Kier alpha value is -2.86. The van der Waals surface area contributed by atoms with Gasteiger partial charge in [0.2, 0.25) is 18.0 Å². The number of hydrogen-bond donors (Lipinski definition) is 0. The summed E-state index contributed by atoms with van der Waals surface area (Å²) in [7, 11) is 0. The molecule has 4 rings (SSSR count). The van der Waals surface area contributed by atoms with Crippen LogP contribution in [0.4, 0.5) is 4.39 Å². The summed E-state index contributed by atoms with van der Waals surface area (Å²) in [5, 5.41) is 25.3. The predicted molar refractivity (Wildman–Crippen MR) is 91.4 cm³/mol. The second-order valence-corrected chi connectivity index (χ2v) is 6.29. The van der Waals surface area contributed by atoms with Crippen molar-refractivity contribution in [1.82, 2.24) is 4.57 Å². The van der Waals surface area contributed by atoms with Crippen molar-refractivity contribution < 1.29 is 13.9 Å². The van der Waals surface area contributed by atoms with Crippen LogP contribution in [0.2, 0.25) is 5.02 Å². The number of imidazole rings is 1. The van der Waals surface area contributed by atoms with Crippen molar-refractivity contribution in [3.05, 3.63) is 92.6 Å². The van der Waals surface area contributed by atoms with Crippen LogP contribution in [-0.4, -0.2) is 15.0 Å². The van der Waals surface area contributed by atoms with Gasteiger partial charge in [-0.05, 0) is 30.3 Å². The van der Waals surface area contributed by atoms with Crippen molar-refractivity contribution in [3.8, 4) is 5.69 Å². The molecular formula is C18H13ClFN3O2. The Morgan fingerprint density at radius 1 is 1.12 bits per heavy atom. The summed E-state index contributed by atoms with van der Waals surface area (Å²) in [4.78, 5) is 0. The van der Waals surface area contributed by atoms with Gasteiger partial charge in [0.25, 0.3) is 5.82 Å². The minimum Gasteiger partial charge on any atom is -0.711 e. The van der Waals surface area contributed by atoms with Crippen molar-refractivity contribution in [1.29, 1.82) is 0 Å². The molecule has 0 amide bonds. The Morgan fingerprint density at radius 2 is 1.88 bits per heavy atom. The summed E-state index contributed by atoms with van der Waals surface area (Å²) in [5.74, 6) is -0.0757. The molecule has 0 saturated heterocycles. The van der Waals surface area contributed by atoms with Crippen molar-refractivity contribution in [2.75, 3.05) is 0 Å². The number of fused-ring (bicyclic) bond motifs is 3. The van der Waals surface area contributed by atoms with Gasteiger partial charge in [-0.3, -0.25) is 0 Å². The van der Waals surface area contributed by atoms with Crippen LogP contribution in [-0.2, 0) is 6.54 Å². The largest absolute Gasteiger partial charge is 0.711 e. The molecule has 0 unspecified atom stereocenters. The van der Waals surface area contributed by atoms with Crippen LogP contribution < -0.4 is 4.73 Å². The number of rotatable bonds is 1. The van der Waals surface area contributed by atoms with Crippen molar-refractivity contribution in [2.45, 2.75) is 13.5 Å². The molecule has 0 bridgehead atoms. The molecule has 2 aromatic carbocycles. The molecule has 0 N–H and O–H groups in total. The van der Waals surface area contributed by atoms with Gasteiger partial charge in [0.15, 0.2) is 0 Å². The van der Waals surface area contributed by atoms with Crippen molar-refractivity contribution >= 4 is 17.3 Å². The minimum absolute atomic E-state index is 0.0773. The van der Waals surface area contributed by atoms with Gasteiger partial charge < -0.3 is 10.4 Å². The summed E-state index contributed by atoms with van der Waals surface area (Å²) < 4.78 is 17.5. The molecule has 0 saturated carbocycles.